The smallest absolute Gasteiger partial charge is 0.275 e. The Morgan fingerprint density at radius 1 is 1.31 bits per heavy atom. The fourth-order valence-corrected chi connectivity index (χ4v) is 1.71. The third-order valence-electron chi connectivity index (χ3n) is 2.54. The summed E-state index contributed by atoms with van der Waals surface area (Å²) in [4.78, 5) is 0. The number of alkyl halides is 2. The van der Waals surface area contributed by atoms with Gasteiger partial charge < -0.3 is 14.6 Å². The van der Waals surface area contributed by atoms with Crippen LogP contribution in [0.25, 0.3) is 0 Å². The Bertz CT molecular complexity index is 404. The van der Waals surface area contributed by atoms with E-state index in [1.165, 1.54) is 12.1 Å². The Morgan fingerprint density at radius 3 is 2.56 bits per heavy atom. The molecular weight excluding hydrogens is 218 g/mol. The topological polar surface area (TPSA) is 38.7 Å². The molecule has 0 radical (unpaired) electrons. The molecule has 1 aromatic rings. The molecule has 5 heteroatoms. The number of aliphatic hydroxyl groups excluding tert-OH is 1. The van der Waals surface area contributed by atoms with Crippen LogP contribution in [0, 0.1) is 6.92 Å². The van der Waals surface area contributed by atoms with Gasteiger partial charge in [0, 0.05) is 18.6 Å². The summed E-state index contributed by atoms with van der Waals surface area (Å²) < 4.78 is 37.4. The first-order valence-corrected chi connectivity index (χ1v) is 4.94. The van der Waals surface area contributed by atoms with E-state index in [0.29, 0.717) is 17.1 Å². The molecule has 16 heavy (non-hydrogen) atoms. The predicted molar refractivity (Wildman–Crippen MR) is 52.9 cm³/mol. The van der Waals surface area contributed by atoms with Crippen LogP contribution in [0.1, 0.15) is 17.5 Å². The summed E-state index contributed by atoms with van der Waals surface area (Å²) in [6, 6.07) is 2.82. The quantitative estimate of drug-likeness (QED) is 0.865. The van der Waals surface area contributed by atoms with Crippen LogP contribution in [-0.2, 0) is 5.92 Å². The SMILES string of the molecule is Cc1cc2c(cc1C(F)(F)CCO)OCO2. The van der Waals surface area contributed by atoms with Gasteiger partial charge in [-0.25, -0.2) is 8.78 Å². The van der Waals surface area contributed by atoms with Crippen molar-refractivity contribution in [2.45, 2.75) is 19.3 Å². The summed E-state index contributed by atoms with van der Waals surface area (Å²) in [7, 11) is 0. The zero-order valence-corrected chi connectivity index (χ0v) is 8.80. The minimum atomic E-state index is -3.04. The molecule has 0 amide bonds. The monoisotopic (exact) mass is 230 g/mol. The number of ether oxygens (including phenoxy) is 2. The molecule has 1 aliphatic rings. The highest BCUT2D eigenvalue weighted by molar-refractivity contribution is 5.49. The van der Waals surface area contributed by atoms with E-state index in [1.807, 2.05) is 0 Å². The van der Waals surface area contributed by atoms with Crippen molar-refractivity contribution in [2.24, 2.45) is 0 Å². The molecule has 88 valence electrons. The highest BCUT2D eigenvalue weighted by Gasteiger charge is 2.34. The predicted octanol–water partition coefficient (Wildman–Crippen LogP) is 2.20. The molecule has 1 N–H and O–H groups in total. The summed E-state index contributed by atoms with van der Waals surface area (Å²) in [6.45, 7) is 1.09. The van der Waals surface area contributed by atoms with Crippen LogP contribution in [0.5, 0.6) is 11.5 Å². The van der Waals surface area contributed by atoms with Gasteiger partial charge >= 0.3 is 0 Å². The second-order valence-electron chi connectivity index (χ2n) is 3.70. The van der Waals surface area contributed by atoms with Crippen LogP contribution in [0.3, 0.4) is 0 Å². The highest BCUT2D eigenvalue weighted by atomic mass is 19.3. The fraction of sp³-hybridized carbons (Fsp3) is 0.455. The van der Waals surface area contributed by atoms with Gasteiger partial charge in [-0.05, 0) is 24.6 Å². The zero-order chi connectivity index (χ0) is 11.8. The van der Waals surface area contributed by atoms with Gasteiger partial charge in [-0.15, -0.1) is 0 Å². The summed E-state index contributed by atoms with van der Waals surface area (Å²) in [6.07, 6.45) is -0.590. The normalized spacial score (nSPS) is 14.2. The lowest BCUT2D eigenvalue weighted by Crippen LogP contribution is -2.16. The number of rotatable bonds is 3. The first kappa shape index (κ1) is 11.1. The molecular formula is C11H12F2O3. The van der Waals surface area contributed by atoms with E-state index in [4.69, 9.17) is 14.6 Å². The lowest BCUT2D eigenvalue weighted by Gasteiger charge is -2.18. The van der Waals surface area contributed by atoms with Gasteiger partial charge in [-0.2, -0.15) is 0 Å². The van der Waals surface area contributed by atoms with E-state index >= 15 is 0 Å². The second kappa shape index (κ2) is 3.90. The average molecular weight is 230 g/mol. The molecule has 1 aromatic carbocycles. The summed E-state index contributed by atoms with van der Waals surface area (Å²) in [5.74, 6) is -2.22. The molecule has 1 aliphatic heterocycles. The highest BCUT2D eigenvalue weighted by Crippen LogP contribution is 2.41. The van der Waals surface area contributed by atoms with Crippen LogP contribution in [-0.4, -0.2) is 18.5 Å². The standard InChI is InChI=1S/C11H12F2O3/c1-7-4-9-10(16-6-15-9)5-8(7)11(12,13)2-3-14/h4-5,14H,2-3,6H2,1H3. The van der Waals surface area contributed by atoms with Crippen LogP contribution in [0.15, 0.2) is 12.1 Å². The number of aryl methyl sites for hydroxylation is 1. The van der Waals surface area contributed by atoms with E-state index in [1.54, 1.807) is 6.92 Å². The van der Waals surface area contributed by atoms with Crippen LogP contribution >= 0.6 is 0 Å². The number of hydrogen-bond donors (Lipinski definition) is 1. The van der Waals surface area contributed by atoms with Crippen molar-refractivity contribution in [3.05, 3.63) is 23.3 Å². The van der Waals surface area contributed by atoms with Crippen molar-refractivity contribution in [2.75, 3.05) is 13.4 Å². The fourth-order valence-electron chi connectivity index (χ4n) is 1.71. The minimum Gasteiger partial charge on any atom is -0.454 e. The zero-order valence-electron chi connectivity index (χ0n) is 8.80. The van der Waals surface area contributed by atoms with E-state index in [-0.39, 0.29) is 12.4 Å². The Hall–Kier alpha value is -1.36. The maximum atomic E-state index is 13.6. The van der Waals surface area contributed by atoms with Gasteiger partial charge in [0.2, 0.25) is 6.79 Å². The molecule has 1 heterocycles. The summed E-state index contributed by atoms with van der Waals surface area (Å²) in [5, 5.41) is 8.61. The minimum absolute atomic E-state index is 0.0593. The Labute approximate surface area is 91.6 Å². The molecule has 0 saturated carbocycles. The molecule has 0 aromatic heterocycles. The Morgan fingerprint density at radius 2 is 1.94 bits per heavy atom. The van der Waals surface area contributed by atoms with E-state index in [0.717, 1.165) is 0 Å². The largest absolute Gasteiger partial charge is 0.454 e. The average Bonchev–Trinajstić information content (AvgIpc) is 2.63. The molecule has 2 rings (SSSR count). The lowest BCUT2D eigenvalue weighted by molar-refractivity contribution is -0.0276. The molecule has 0 spiro atoms. The Kier molecular flexibility index (Phi) is 2.71. The second-order valence-corrected chi connectivity index (χ2v) is 3.70. The third kappa shape index (κ3) is 1.82. The van der Waals surface area contributed by atoms with Crippen molar-refractivity contribution in [1.29, 1.82) is 0 Å². The van der Waals surface area contributed by atoms with Gasteiger partial charge in [0.25, 0.3) is 5.92 Å². The van der Waals surface area contributed by atoms with Gasteiger partial charge in [-0.1, -0.05) is 0 Å². The maximum Gasteiger partial charge on any atom is 0.275 e. The molecule has 0 bridgehead atoms. The van der Waals surface area contributed by atoms with E-state index in [9.17, 15) is 8.78 Å². The van der Waals surface area contributed by atoms with Crippen molar-refractivity contribution in [3.63, 3.8) is 0 Å². The number of aliphatic hydroxyl groups is 1. The summed E-state index contributed by atoms with van der Waals surface area (Å²) in [5.41, 5.74) is 0.313. The van der Waals surface area contributed by atoms with Crippen molar-refractivity contribution in [1.82, 2.24) is 0 Å². The molecule has 0 unspecified atom stereocenters. The van der Waals surface area contributed by atoms with Crippen molar-refractivity contribution in [3.8, 4) is 11.5 Å². The molecule has 0 fully saturated rings. The van der Waals surface area contributed by atoms with Crippen LogP contribution in [0.2, 0.25) is 0 Å². The number of fused-ring (bicyclic) bond motifs is 1. The Balaban J connectivity index is 2.41. The number of halogens is 2. The van der Waals surface area contributed by atoms with Crippen LogP contribution < -0.4 is 9.47 Å². The number of hydrogen-bond acceptors (Lipinski definition) is 3. The first-order chi connectivity index (χ1) is 7.54. The van der Waals surface area contributed by atoms with E-state index in [2.05, 4.69) is 0 Å². The maximum absolute atomic E-state index is 13.6. The lowest BCUT2D eigenvalue weighted by atomic mass is 9.99. The third-order valence-corrected chi connectivity index (χ3v) is 2.54. The number of benzene rings is 1. The van der Waals surface area contributed by atoms with Gasteiger partial charge in [-0.3, -0.25) is 0 Å². The summed E-state index contributed by atoms with van der Waals surface area (Å²) >= 11 is 0. The molecule has 0 saturated heterocycles. The molecule has 3 nitrogen and oxygen atoms in total. The van der Waals surface area contributed by atoms with Gasteiger partial charge in [0.15, 0.2) is 11.5 Å². The van der Waals surface area contributed by atoms with Crippen molar-refractivity contribution >= 4 is 0 Å². The van der Waals surface area contributed by atoms with Crippen LogP contribution in [0.4, 0.5) is 8.78 Å². The van der Waals surface area contributed by atoms with Crippen molar-refractivity contribution < 1.29 is 23.4 Å². The molecule has 0 atom stereocenters. The van der Waals surface area contributed by atoms with E-state index < -0.39 is 19.0 Å². The molecule has 0 aliphatic carbocycles. The first-order valence-electron chi connectivity index (χ1n) is 4.94. The van der Waals surface area contributed by atoms with Gasteiger partial charge in [0.1, 0.15) is 0 Å². The van der Waals surface area contributed by atoms with Gasteiger partial charge in [0.05, 0.1) is 0 Å².